The van der Waals surface area contributed by atoms with Gasteiger partial charge < -0.3 is 5.32 Å². The average molecular weight is 557 g/mol. The first-order chi connectivity index (χ1) is 17.2. The molecule has 1 atom stereocenters. The molecule has 1 aliphatic rings. The minimum atomic E-state index is -0.656. The molecule has 1 saturated heterocycles. The molecule has 1 heterocycles. The Hall–Kier alpha value is -2.95. The fraction of sp³-hybridized carbons (Fsp3) is 0.148. The van der Waals surface area contributed by atoms with Crippen molar-refractivity contribution in [1.82, 2.24) is 0 Å². The Morgan fingerprint density at radius 1 is 1.03 bits per heavy atom. The number of amides is 2. The van der Waals surface area contributed by atoms with E-state index in [-0.39, 0.29) is 22.9 Å². The highest BCUT2D eigenvalue weighted by Crippen LogP contribution is 2.43. The van der Waals surface area contributed by atoms with Crippen molar-refractivity contribution in [2.75, 3.05) is 10.2 Å². The van der Waals surface area contributed by atoms with Gasteiger partial charge in [0.25, 0.3) is 5.91 Å². The van der Waals surface area contributed by atoms with E-state index >= 15 is 0 Å². The molecule has 0 unspecified atom stereocenters. The third-order valence-corrected chi connectivity index (χ3v) is 8.26. The topological polar surface area (TPSA) is 73.2 Å². The maximum absolute atomic E-state index is 13.7. The molecule has 1 aliphatic heterocycles. The highest BCUT2D eigenvalue weighted by Gasteiger charge is 2.41. The molecule has 0 aromatic heterocycles. The second kappa shape index (κ2) is 11.0. The Morgan fingerprint density at radius 2 is 1.75 bits per heavy atom. The van der Waals surface area contributed by atoms with Crippen molar-refractivity contribution in [3.8, 4) is 6.07 Å². The molecule has 0 radical (unpaired) electrons. The van der Waals surface area contributed by atoms with Gasteiger partial charge in [-0.2, -0.15) is 5.26 Å². The molecule has 0 bridgehead atoms. The number of aryl methyl sites for hydroxylation is 2. The summed E-state index contributed by atoms with van der Waals surface area (Å²) in [6, 6.07) is 19.5. The number of anilines is 2. The van der Waals surface area contributed by atoms with Gasteiger partial charge in [0.1, 0.15) is 16.7 Å². The van der Waals surface area contributed by atoms with Gasteiger partial charge >= 0.3 is 0 Å². The average Bonchev–Trinajstić information content (AvgIpc) is 3.16. The van der Waals surface area contributed by atoms with Crippen molar-refractivity contribution in [3.63, 3.8) is 0 Å². The van der Waals surface area contributed by atoms with Crippen LogP contribution in [0.3, 0.4) is 0 Å². The number of halogens is 3. The predicted molar refractivity (Wildman–Crippen MR) is 148 cm³/mol. The largest absolute Gasteiger partial charge is 0.320 e. The molecular formula is C27H20Cl3N3O2S. The van der Waals surface area contributed by atoms with Gasteiger partial charge in [-0.3, -0.25) is 14.5 Å². The molecule has 9 heteroatoms. The molecule has 1 fully saturated rings. The number of para-hydroxylation sites is 1. The van der Waals surface area contributed by atoms with Crippen LogP contribution in [0.2, 0.25) is 15.1 Å². The minimum absolute atomic E-state index is 0.189. The number of benzene rings is 3. The van der Waals surface area contributed by atoms with Crippen molar-refractivity contribution < 1.29 is 9.59 Å². The zero-order valence-electron chi connectivity index (χ0n) is 19.3. The number of nitrogens with one attached hydrogen (secondary N) is 1. The Morgan fingerprint density at radius 3 is 2.44 bits per heavy atom. The monoisotopic (exact) mass is 555 g/mol. The molecule has 0 spiro atoms. The van der Waals surface area contributed by atoms with E-state index in [1.165, 1.54) is 4.90 Å². The molecule has 1 N–H and O–H groups in total. The van der Waals surface area contributed by atoms with E-state index in [0.717, 1.165) is 22.9 Å². The van der Waals surface area contributed by atoms with Crippen LogP contribution in [-0.2, 0) is 16.0 Å². The fourth-order valence-corrected chi connectivity index (χ4v) is 5.62. The molecule has 0 aliphatic carbocycles. The molecule has 182 valence electrons. The number of hydrogen-bond donors (Lipinski definition) is 1. The van der Waals surface area contributed by atoms with Gasteiger partial charge in [-0.15, -0.1) is 0 Å². The van der Waals surface area contributed by atoms with Crippen molar-refractivity contribution in [3.05, 3.63) is 103 Å². The summed E-state index contributed by atoms with van der Waals surface area (Å²) in [5.41, 5.74) is 3.49. The zero-order chi connectivity index (χ0) is 26.0. The lowest BCUT2D eigenvalue weighted by Crippen LogP contribution is -2.31. The van der Waals surface area contributed by atoms with Crippen LogP contribution in [0.4, 0.5) is 11.4 Å². The Kier molecular flexibility index (Phi) is 7.97. The molecule has 3 aromatic rings. The molecule has 0 saturated carbocycles. The van der Waals surface area contributed by atoms with E-state index in [1.807, 2.05) is 32.0 Å². The number of hydrogen-bond acceptors (Lipinski definition) is 4. The van der Waals surface area contributed by atoms with E-state index in [4.69, 9.17) is 34.8 Å². The minimum Gasteiger partial charge on any atom is -0.320 e. The van der Waals surface area contributed by atoms with Gasteiger partial charge in [0, 0.05) is 5.69 Å². The van der Waals surface area contributed by atoms with Crippen LogP contribution in [0.15, 0.2) is 71.3 Å². The van der Waals surface area contributed by atoms with Crippen LogP contribution >= 0.6 is 46.6 Å². The fourth-order valence-electron chi connectivity index (χ4n) is 3.74. The van der Waals surface area contributed by atoms with E-state index < -0.39 is 11.2 Å². The van der Waals surface area contributed by atoms with Gasteiger partial charge in [0.2, 0.25) is 5.91 Å². The Labute approximate surface area is 228 Å². The van der Waals surface area contributed by atoms with E-state index in [1.54, 1.807) is 48.5 Å². The maximum atomic E-state index is 13.7. The molecular weight excluding hydrogens is 537 g/mol. The number of nitrogens with zero attached hydrogens (tertiary/aromatic N) is 2. The molecule has 36 heavy (non-hydrogen) atoms. The van der Waals surface area contributed by atoms with Gasteiger partial charge in [-0.05, 0) is 67.3 Å². The summed E-state index contributed by atoms with van der Waals surface area (Å²) < 4.78 is 0. The lowest BCUT2D eigenvalue weighted by Gasteiger charge is -2.20. The SMILES string of the molecule is Cc1ccc(N2C(=O)[C@@H](Cc3cccc(Cl)c3Cl)S/C2=C(/C#N)C(=O)Nc2ccccc2Cl)cc1C. The molecule has 2 amide bonds. The summed E-state index contributed by atoms with van der Waals surface area (Å²) in [6.07, 6.45) is 0.276. The first kappa shape index (κ1) is 26.1. The van der Waals surface area contributed by atoms with Gasteiger partial charge in [-0.25, -0.2) is 0 Å². The Bertz CT molecular complexity index is 1450. The number of carbonyl (C=O) groups is 2. The van der Waals surface area contributed by atoms with E-state index in [0.29, 0.717) is 32.0 Å². The van der Waals surface area contributed by atoms with E-state index in [2.05, 4.69) is 5.32 Å². The first-order valence-corrected chi connectivity index (χ1v) is 12.9. The van der Waals surface area contributed by atoms with Gasteiger partial charge in [0.05, 0.1) is 26.0 Å². The second-order valence-electron chi connectivity index (χ2n) is 8.19. The lowest BCUT2D eigenvalue weighted by atomic mass is 10.1. The lowest BCUT2D eigenvalue weighted by molar-refractivity contribution is -0.117. The van der Waals surface area contributed by atoms with Crippen LogP contribution in [0.25, 0.3) is 0 Å². The second-order valence-corrected chi connectivity index (χ2v) is 10.6. The zero-order valence-corrected chi connectivity index (χ0v) is 22.4. The number of nitriles is 1. The number of carbonyl (C=O) groups excluding carboxylic acids is 2. The van der Waals surface area contributed by atoms with Crippen molar-refractivity contribution in [1.29, 1.82) is 5.26 Å². The predicted octanol–water partition coefficient (Wildman–Crippen LogP) is 7.33. The van der Waals surface area contributed by atoms with Crippen LogP contribution in [0, 0.1) is 25.2 Å². The van der Waals surface area contributed by atoms with Crippen LogP contribution < -0.4 is 10.2 Å². The van der Waals surface area contributed by atoms with Crippen molar-refractivity contribution >= 4 is 69.8 Å². The quantitative estimate of drug-likeness (QED) is 0.264. The summed E-state index contributed by atoms with van der Waals surface area (Å²) in [5.74, 6) is -0.913. The summed E-state index contributed by atoms with van der Waals surface area (Å²) in [5, 5.41) is 13.4. The third-order valence-electron chi connectivity index (χ3n) is 5.81. The van der Waals surface area contributed by atoms with Crippen LogP contribution in [0.5, 0.6) is 0 Å². The maximum Gasteiger partial charge on any atom is 0.269 e. The highest BCUT2D eigenvalue weighted by atomic mass is 35.5. The van der Waals surface area contributed by atoms with E-state index in [9.17, 15) is 14.9 Å². The number of rotatable bonds is 5. The summed E-state index contributed by atoms with van der Waals surface area (Å²) in [7, 11) is 0. The molecule has 3 aromatic carbocycles. The standard InChI is InChI=1S/C27H20Cl3N3O2S/c1-15-10-11-18(12-16(15)2)33-26(35)23(13-17-6-5-8-21(29)24(17)30)36-27(33)19(14-31)25(34)32-22-9-4-3-7-20(22)28/h3-12,23H,13H2,1-2H3,(H,32,34)/b27-19-/t23-/m1/s1. The summed E-state index contributed by atoms with van der Waals surface area (Å²) in [4.78, 5) is 28.3. The third kappa shape index (κ3) is 5.25. The Balaban J connectivity index is 1.78. The summed E-state index contributed by atoms with van der Waals surface area (Å²) in [6.45, 7) is 3.91. The van der Waals surface area contributed by atoms with Gasteiger partial charge in [-0.1, -0.05) is 76.9 Å². The molecule has 5 nitrogen and oxygen atoms in total. The summed E-state index contributed by atoms with van der Waals surface area (Å²) >= 11 is 19.9. The highest BCUT2D eigenvalue weighted by molar-refractivity contribution is 8.05. The normalized spacial score (nSPS) is 16.6. The number of thioether (sulfide) groups is 1. The first-order valence-electron chi connectivity index (χ1n) is 10.9. The van der Waals surface area contributed by atoms with Crippen molar-refractivity contribution in [2.24, 2.45) is 0 Å². The van der Waals surface area contributed by atoms with Gasteiger partial charge in [0.15, 0.2) is 0 Å². The van der Waals surface area contributed by atoms with Crippen LogP contribution in [-0.4, -0.2) is 17.1 Å². The van der Waals surface area contributed by atoms with Crippen LogP contribution in [0.1, 0.15) is 16.7 Å². The van der Waals surface area contributed by atoms with Crippen molar-refractivity contribution in [2.45, 2.75) is 25.5 Å². The molecule has 4 rings (SSSR count). The smallest absolute Gasteiger partial charge is 0.269 e.